The predicted octanol–water partition coefficient (Wildman–Crippen LogP) is 0.612. The molecule has 1 amide bonds. The number of pyridine rings is 2. The van der Waals surface area contributed by atoms with E-state index in [2.05, 4.69) is 14.9 Å². The van der Waals surface area contributed by atoms with Crippen molar-refractivity contribution in [3.05, 3.63) is 30.6 Å². The summed E-state index contributed by atoms with van der Waals surface area (Å²) < 4.78 is 0. The lowest BCUT2D eigenvalue weighted by molar-refractivity contribution is -0.138. The third-order valence-corrected chi connectivity index (χ3v) is 5.40. The first-order valence-electron chi connectivity index (χ1n) is 9.68. The molecule has 29 heavy (non-hydrogen) atoms. The molecule has 4 N–H and O–H groups in total. The number of aromatic nitrogens is 2. The van der Waals surface area contributed by atoms with E-state index in [1.165, 1.54) is 4.90 Å². The average molecular weight is 401 g/mol. The first-order valence-corrected chi connectivity index (χ1v) is 9.68. The summed E-state index contributed by atoms with van der Waals surface area (Å²) in [6.45, 7) is 1.41. The summed E-state index contributed by atoms with van der Waals surface area (Å²) in [6, 6.07) is 4.81. The van der Waals surface area contributed by atoms with Gasteiger partial charge in [-0.25, -0.2) is 0 Å². The highest BCUT2D eigenvalue weighted by atomic mass is 16.4. The van der Waals surface area contributed by atoms with Crippen LogP contribution in [0.1, 0.15) is 25.7 Å². The van der Waals surface area contributed by atoms with Gasteiger partial charge in [0.15, 0.2) is 0 Å². The maximum Gasteiger partial charge on any atom is 0.303 e. The van der Waals surface area contributed by atoms with Crippen LogP contribution in [-0.2, 0) is 9.59 Å². The number of nitrogens with two attached hydrogens (primary N) is 1. The van der Waals surface area contributed by atoms with Crippen molar-refractivity contribution in [2.75, 3.05) is 31.6 Å². The van der Waals surface area contributed by atoms with Gasteiger partial charge in [0.2, 0.25) is 5.91 Å². The SMILES string of the molecule is CN(CC1(O)CCN(c2ccnc3cccnc23)CC1)C(=O)[C@@H](N)CCC(=O)O. The molecule has 0 saturated carbocycles. The van der Waals surface area contributed by atoms with Gasteiger partial charge >= 0.3 is 5.97 Å². The fraction of sp³-hybridized carbons (Fsp3) is 0.500. The summed E-state index contributed by atoms with van der Waals surface area (Å²) >= 11 is 0. The van der Waals surface area contributed by atoms with Gasteiger partial charge in [-0.2, -0.15) is 0 Å². The summed E-state index contributed by atoms with van der Waals surface area (Å²) in [6.07, 6.45) is 4.39. The third-order valence-electron chi connectivity index (χ3n) is 5.40. The Morgan fingerprint density at radius 1 is 1.28 bits per heavy atom. The van der Waals surface area contributed by atoms with E-state index in [0.717, 1.165) is 16.7 Å². The quantitative estimate of drug-likeness (QED) is 0.615. The molecule has 156 valence electrons. The first-order chi connectivity index (χ1) is 13.8. The van der Waals surface area contributed by atoms with Gasteiger partial charge in [0.25, 0.3) is 0 Å². The van der Waals surface area contributed by atoms with E-state index < -0.39 is 17.6 Å². The molecule has 1 aliphatic rings. The molecule has 0 aliphatic carbocycles. The number of aliphatic carboxylic acids is 1. The number of hydrogen-bond donors (Lipinski definition) is 3. The van der Waals surface area contributed by atoms with Crippen LogP contribution < -0.4 is 10.6 Å². The maximum absolute atomic E-state index is 12.4. The topological polar surface area (TPSA) is 133 Å². The van der Waals surface area contributed by atoms with E-state index in [9.17, 15) is 14.7 Å². The van der Waals surface area contributed by atoms with E-state index in [1.54, 1.807) is 19.4 Å². The number of piperidine rings is 1. The van der Waals surface area contributed by atoms with Crippen molar-refractivity contribution in [2.24, 2.45) is 5.73 Å². The number of amides is 1. The summed E-state index contributed by atoms with van der Waals surface area (Å²) in [5, 5.41) is 19.7. The van der Waals surface area contributed by atoms with Crippen LogP contribution in [0, 0.1) is 0 Å². The van der Waals surface area contributed by atoms with Crippen molar-refractivity contribution in [2.45, 2.75) is 37.3 Å². The molecular weight excluding hydrogens is 374 g/mol. The fourth-order valence-electron chi connectivity index (χ4n) is 3.75. The highest BCUT2D eigenvalue weighted by molar-refractivity contribution is 5.87. The van der Waals surface area contributed by atoms with E-state index >= 15 is 0 Å². The van der Waals surface area contributed by atoms with Crippen LogP contribution in [0.25, 0.3) is 11.0 Å². The van der Waals surface area contributed by atoms with Gasteiger partial charge in [-0.1, -0.05) is 0 Å². The Kier molecular flexibility index (Phi) is 6.29. The van der Waals surface area contributed by atoms with Crippen LogP contribution in [0.15, 0.2) is 30.6 Å². The molecule has 1 aliphatic heterocycles. The lowest BCUT2D eigenvalue weighted by Crippen LogP contribution is -2.53. The van der Waals surface area contributed by atoms with Gasteiger partial charge in [-0.05, 0) is 37.5 Å². The number of hydrogen-bond acceptors (Lipinski definition) is 7. The van der Waals surface area contributed by atoms with Crippen molar-refractivity contribution in [3.8, 4) is 0 Å². The average Bonchev–Trinajstić information content (AvgIpc) is 2.71. The second-order valence-corrected chi connectivity index (χ2v) is 7.65. The molecule has 0 unspecified atom stereocenters. The Morgan fingerprint density at radius 3 is 2.69 bits per heavy atom. The lowest BCUT2D eigenvalue weighted by Gasteiger charge is -2.41. The smallest absolute Gasteiger partial charge is 0.303 e. The van der Waals surface area contributed by atoms with Crippen molar-refractivity contribution < 1.29 is 19.8 Å². The lowest BCUT2D eigenvalue weighted by atomic mass is 9.90. The van der Waals surface area contributed by atoms with Crippen molar-refractivity contribution >= 4 is 28.6 Å². The van der Waals surface area contributed by atoms with Crippen LogP contribution in [0.3, 0.4) is 0 Å². The van der Waals surface area contributed by atoms with Crippen LogP contribution in [0.4, 0.5) is 5.69 Å². The molecule has 3 rings (SSSR count). The van der Waals surface area contributed by atoms with Crippen LogP contribution in [-0.4, -0.2) is 75.3 Å². The molecule has 2 aromatic rings. The minimum Gasteiger partial charge on any atom is -0.481 e. The Hall–Kier alpha value is -2.78. The van der Waals surface area contributed by atoms with Crippen molar-refractivity contribution in [1.82, 2.24) is 14.9 Å². The number of rotatable bonds is 7. The standard InChI is InChI=1S/C20H27N5O4/c1-24(19(28)14(21)4-5-17(26)27)13-20(29)7-11-25(12-8-20)16-6-10-22-15-3-2-9-23-18(15)16/h2-3,6,9-10,14,29H,4-5,7-8,11-13,21H2,1H3,(H,26,27)/t14-/m0/s1. The summed E-state index contributed by atoms with van der Waals surface area (Å²) in [5.74, 6) is -1.34. The van der Waals surface area contributed by atoms with Gasteiger partial charge in [-0.3, -0.25) is 19.6 Å². The largest absolute Gasteiger partial charge is 0.481 e. The highest BCUT2D eigenvalue weighted by Crippen LogP contribution is 2.30. The second kappa shape index (κ2) is 8.71. The number of carboxylic acids is 1. The zero-order valence-electron chi connectivity index (χ0n) is 16.5. The summed E-state index contributed by atoms with van der Waals surface area (Å²) in [7, 11) is 1.59. The molecule has 2 aromatic heterocycles. The summed E-state index contributed by atoms with van der Waals surface area (Å²) in [4.78, 5) is 35.4. The number of fused-ring (bicyclic) bond motifs is 1. The van der Waals surface area contributed by atoms with Crippen molar-refractivity contribution in [1.29, 1.82) is 0 Å². The van der Waals surface area contributed by atoms with E-state index in [4.69, 9.17) is 10.8 Å². The van der Waals surface area contributed by atoms with Gasteiger partial charge in [-0.15, -0.1) is 0 Å². The Bertz CT molecular complexity index is 877. The Morgan fingerprint density at radius 2 is 2.00 bits per heavy atom. The highest BCUT2D eigenvalue weighted by Gasteiger charge is 2.35. The molecule has 3 heterocycles. The third kappa shape index (κ3) is 4.99. The number of anilines is 1. The molecular formula is C20H27N5O4. The molecule has 0 aromatic carbocycles. The van der Waals surface area contributed by atoms with Crippen molar-refractivity contribution in [3.63, 3.8) is 0 Å². The Balaban J connectivity index is 1.60. The first kappa shape index (κ1) is 20.9. The second-order valence-electron chi connectivity index (χ2n) is 7.65. The number of likely N-dealkylation sites (N-methyl/N-ethyl adjacent to an activating group) is 1. The fourth-order valence-corrected chi connectivity index (χ4v) is 3.75. The van der Waals surface area contributed by atoms with E-state index in [-0.39, 0.29) is 25.3 Å². The maximum atomic E-state index is 12.4. The summed E-state index contributed by atoms with van der Waals surface area (Å²) in [5.41, 5.74) is 7.44. The molecule has 9 nitrogen and oxygen atoms in total. The normalized spacial score (nSPS) is 17.1. The molecule has 0 bridgehead atoms. The minimum absolute atomic E-state index is 0.0762. The van der Waals surface area contributed by atoms with Gasteiger partial charge in [0.1, 0.15) is 5.52 Å². The minimum atomic E-state index is -1.01. The molecule has 9 heteroatoms. The van der Waals surface area contributed by atoms with Crippen LogP contribution >= 0.6 is 0 Å². The number of carboxylic acid groups (broad SMARTS) is 1. The zero-order valence-corrected chi connectivity index (χ0v) is 16.5. The number of carbonyl (C=O) groups is 2. The van der Waals surface area contributed by atoms with E-state index in [0.29, 0.717) is 25.9 Å². The van der Waals surface area contributed by atoms with Crippen LogP contribution in [0.2, 0.25) is 0 Å². The predicted molar refractivity (Wildman–Crippen MR) is 108 cm³/mol. The van der Waals surface area contributed by atoms with E-state index in [1.807, 2.05) is 18.2 Å². The number of carbonyl (C=O) groups excluding carboxylic acids is 1. The molecule has 0 spiro atoms. The number of aliphatic hydroxyl groups is 1. The molecule has 0 radical (unpaired) electrons. The van der Waals surface area contributed by atoms with Gasteiger partial charge in [0, 0.05) is 45.5 Å². The molecule has 1 atom stereocenters. The van der Waals surface area contributed by atoms with Gasteiger partial charge in [0.05, 0.1) is 22.8 Å². The molecule has 1 fully saturated rings. The monoisotopic (exact) mass is 401 g/mol. The number of nitrogens with zero attached hydrogens (tertiary/aromatic N) is 4. The molecule has 1 saturated heterocycles. The van der Waals surface area contributed by atoms with Crippen LogP contribution in [0.5, 0.6) is 0 Å². The van der Waals surface area contributed by atoms with Gasteiger partial charge < -0.3 is 25.7 Å². The zero-order chi connectivity index (χ0) is 21.0. The Labute approximate surface area is 169 Å².